The molecule has 0 fully saturated rings. The molecule has 0 aliphatic heterocycles. The zero-order valence-electron chi connectivity index (χ0n) is 11.9. The molecule has 5 heteroatoms. The van der Waals surface area contributed by atoms with Gasteiger partial charge in [-0.15, -0.1) is 0 Å². The molecule has 4 nitrogen and oxygen atoms in total. The fourth-order valence-electron chi connectivity index (χ4n) is 1.45. The zero-order chi connectivity index (χ0) is 14.5. The van der Waals surface area contributed by atoms with Gasteiger partial charge in [0.1, 0.15) is 4.99 Å². The second-order valence-corrected chi connectivity index (χ2v) is 5.23. The molecule has 0 aliphatic rings. The molecule has 0 atom stereocenters. The van der Waals surface area contributed by atoms with Gasteiger partial charge in [-0.2, -0.15) is 0 Å². The fraction of sp³-hybridized carbons (Fsp3) is 0.500. The van der Waals surface area contributed by atoms with E-state index in [1.807, 2.05) is 26.0 Å². The van der Waals surface area contributed by atoms with Crippen LogP contribution in [-0.2, 0) is 4.74 Å². The SMILES string of the molecule is COc1cc(C(N)=S)ccc1OCCC(C)(C)OC. The molecule has 0 saturated heterocycles. The molecule has 106 valence electrons. The first kappa shape index (κ1) is 15.7. The third-order valence-electron chi connectivity index (χ3n) is 2.96. The van der Waals surface area contributed by atoms with Crippen molar-refractivity contribution < 1.29 is 14.2 Å². The summed E-state index contributed by atoms with van der Waals surface area (Å²) in [4.78, 5) is 0.338. The predicted octanol–water partition coefficient (Wildman–Crippen LogP) is 2.52. The van der Waals surface area contributed by atoms with Crippen LogP contribution in [0.2, 0.25) is 0 Å². The zero-order valence-corrected chi connectivity index (χ0v) is 12.7. The average Bonchev–Trinajstić information content (AvgIpc) is 2.38. The molecule has 19 heavy (non-hydrogen) atoms. The molecule has 0 radical (unpaired) electrons. The van der Waals surface area contributed by atoms with Crippen molar-refractivity contribution in [2.24, 2.45) is 5.73 Å². The van der Waals surface area contributed by atoms with Crippen molar-refractivity contribution in [1.29, 1.82) is 0 Å². The van der Waals surface area contributed by atoms with E-state index in [0.717, 1.165) is 12.0 Å². The van der Waals surface area contributed by atoms with E-state index < -0.39 is 0 Å². The molecule has 2 N–H and O–H groups in total. The van der Waals surface area contributed by atoms with Gasteiger partial charge in [0.2, 0.25) is 0 Å². The van der Waals surface area contributed by atoms with Crippen LogP contribution in [0.25, 0.3) is 0 Å². The molecule has 0 bridgehead atoms. The van der Waals surface area contributed by atoms with Gasteiger partial charge < -0.3 is 19.9 Å². The van der Waals surface area contributed by atoms with Crippen molar-refractivity contribution in [2.75, 3.05) is 20.8 Å². The minimum Gasteiger partial charge on any atom is -0.493 e. The highest BCUT2D eigenvalue weighted by Gasteiger charge is 2.16. The summed E-state index contributed by atoms with van der Waals surface area (Å²) in [5, 5.41) is 0. The molecule has 0 aromatic heterocycles. The molecule has 0 heterocycles. The van der Waals surface area contributed by atoms with Crippen molar-refractivity contribution in [2.45, 2.75) is 25.9 Å². The number of rotatable bonds is 7. The Morgan fingerprint density at radius 2 is 1.95 bits per heavy atom. The van der Waals surface area contributed by atoms with E-state index in [1.165, 1.54) is 0 Å². The van der Waals surface area contributed by atoms with Crippen LogP contribution in [-0.4, -0.2) is 31.4 Å². The van der Waals surface area contributed by atoms with E-state index >= 15 is 0 Å². The number of benzene rings is 1. The van der Waals surface area contributed by atoms with Crippen molar-refractivity contribution in [1.82, 2.24) is 0 Å². The molecular weight excluding hydrogens is 262 g/mol. The van der Waals surface area contributed by atoms with Gasteiger partial charge in [0.25, 0.3) is 0 Å². The van der Waals surface area contributed by atoms with Crippen LogP contribution in [0.1, 0.15) is 25.8 Å². The van der Waals surface area contributed by atoms with Gasteiger partial charge in [-0.25, -0.2) is 0 Å². The van der Waals surface area contributed by atoms with Crippen molar-refractivity contribution in [3.05, 3.63) is 23.8 Å². The third-order valence-corrected chi connectivity index (χ3v) is 3.20. The van der Waals surface area contributed by atoms with Gasteiger partial charge in [0.15, 0.2) is 11.5 Å². The Morgan fingerprint density at radius 3 is 2.47 bits per heavy atom. The number of hydrogen-bond acceptors (Lipinski definition) is 4. The van der Waals surface area contributed by atoms with Crippen LogP contribution < -0.4 is 15.2 Å². The summed E-state index contributed by atoms with van der Waals surface area (Å²) in [7, 11) is 3.28. The highest BCUT2D eigenvalue weighted by molar-refractivity contribution is 7.80. The Bertz CT molecular complexity index is 446. The second kappa shape index (κ2) is 6.73. The number of thiocarbonyl (C=S) groups is 1. The summed E-state index contributed by atoms with van der Waals surface area (Å²) in [6, 6.07) is 5.41. The Balaban J connectivity index is 2.71. The van der Waals surface area contributed by atoms with Crippen molar-refractivity contribution in [3.63, 3.8) is 0 Å². The molecule has 0 aliphatic carbocycles. The van der Waals surface area contributed by atoms with Gasteiger partial charge in [-0.3, -0.25) is 0 Å². The van der Waals surface area contributed by atoms with E-state index in [-0.39, 0.29) is 5.60 Å². The fourth-order valence-corrected chi connectivity index (χ4v) is 1.58. The molecule has 1 aromatic rings. The lowest BCUT2D eigenvalue weighted by atomic mass is 10.1. The Hall–Kier alpha value is -1.33. The maximum atomic E-state index is 5.71. The summed E-state index contributed by atoms with van der Waals surface area (Å²) in [6.07, 6.45) is 0.781. The minimum atomic E-state index is -0.202. The van der Waals surface area contributed by atoms with Gasteiger partial charge in [0.05, 0.1) is 19.3 Å². The molecule has 0 unspecified atom stereocenters. The molecule has 0 amide bonds. The molecule has 1 aromatic carbocycles. The number of methoxy groups -OCH3 is 2. The maximum Gasteiger partial charge on any atom is 0.161 e. The lowest BCUT2D eigenvalue weighted by Gasteiger charge is -2.23. The highest BCUT2D eigenvalue weighted by atomic mass is 32.1. The summed E-state index contributed by atoms with van der Waals surface area (Å²) < 4.78 is 16.3. The standard InChI is InChI=1S/C14H21NO3S/c1-14(2,17-4)7-8-18-11-6-5-10(13(15)19)9-12(11)16-3/h5-6,9H,7-8H2,1-4H3,(H2,15,19). The van der Waals surface area contributed by atoms with Gasteiger partial charge in [-0.1, -0.05) is 12.2 Å². The normalized spacial score (nSPS) is 11.2. The molecule has 0 saturated carbocycles. The minimum absolute atomic E-state index is 0.202. The average molecular weight is 283 g/mol. The van der Waals surface area contributed by atoms with Crippen LogP contribution in [0, 0.1) is 0 Å². The van der Waals surface area contributed by atoms with Gasteiger partial charge in [-0.05, 0) is 32.0 Å². The molecule has 1 rings (SSSR count). The summed E-state index contributed by atoms with van der Waals surface area (Å²) >= 11 is 4.93. The van der Waals surface area contributed by atoms with Crippen LogP contribution >= 0.6 is 12.2 Å². The van der Waals surface area contributed by atoms with Crippen LogP contribution in [0.4, 0.5) is 0 Å². The van der Waals surface area contributed by atoms with E-state index in [2.05, 4.69) is 0 Å². The monoisotopic (exact) mass is 283 g/mol. The first-order valence-electron chi connectivity index (χ1n) is 6.05. The van der Waals surface area contributed by atoms with Gasteiger partial charge in [0, 0.05) is 19.1 Å². The van der Waals surface area contributed by atoms with Crippen LogP contribution in [0.5, 0.6) is 11.5 Å². The largest absolute Gasteiger partial charge is 0.493 e. The number of ether oxygens (including phenoxy) is 3. The molecular formula is C14H21NO3S. The highest BCUT2D eigenvalue weighted by Crippen LogP contribution is 2.28. The van der Waals surface area contributed by atoms with Crippen molar-refractivity contribution in [3.8, 4) is 11.5 Å². The van der Waals surface area contributed by atoms with E-state index in [9.17, 15) is 0 Å². The number of nitrogens with two attached hydrogens (primary N) is 1. The van der Waals surface area contributed by atoms with Gasteiger partial charge >= 0.3 is 0 Å². The third kappa shape index (κ3) is 4.69. The maximum absolute atomic E-state index is 5.71. The van der Waals surface area contributed by atoms with Crippen LogP contribution in [0.3, 0.4) is 0 Å². The Kier molecular flexibility index (Phi) is 5.57. The first-order valence-corrected chi connectivity index (χ1v) is 6.46. The van der Waals surface area contributed by atoms with Crippen LogP contribution in [0.15, 0.2) is 18.2 Å². The second-order valence-electron chi connectivity index (χ2n) is 4.79. The lowest BCUT2D eigenvalue weighted by molar-refractivity contribution is 0.00525. The lowest BCUT2D eigenvalue weighted by Crippen LogP contribution is -2.25. The molecule has 0 spiro atoms. The van der Waals surface area contributed by atoms with Crippen molar-refractivity contribution >= 4 is 17.2 Å². The number of hydrogen-bond donors (Lipinski definition) is 1. The van der Waals surface area contributed by atoms with E-state index in [4.69, 9.17) is 32.2 Å². The Labute approximate surface area is 119 Å². The quantitative estimate of drug-likeness (QED) is 0.779. The first-order chi connectivity index (χ1) is 8.89. The smallest absolute Gasteiger partial charge is 0.161 e. The predicted molar refractivity (Wildman–Crippen MR) is 80.1 cm³/mol. The topological polar surface area (TPSA) is 53.7 Å². The Morgan fingerprint density at radius 1 is 1.26 bits per heavy atom. The summed E-state index contributed by atoms with van der Waals surface area (Å²) in [5.41, 5.74) is 6.14. The van der Waals surface area contributed by atoms with E-state index in [1.54, 1.807) is 20.3 Å². The van der Waals surface area contributed by atoms with E-state index in [0.29, 0.717) is 23.1 Å². The summed E-state index contributed by atoms with van der Waals surface area (Å²) in [6.45, 7) is 4.58. The summed E-state index contributed by atoms with van der Waals surface area (Å²) in [5.74, 6) is 1.30.